The third-order valence-electron chi connectivity index (χ3n) is 2.85. The number of halogens is 1. The fourth-order valence-corrected chi connectivity index (χ4v) is 1.86. The molecule has 0 spiro atoms. The normalized spacial score (nSPS) is 11.8. The Morgan fingerprint density at radius 2 is 2.06 bits per heavy atom. The lowest BCUT2D eigenvalue weighted by atomic mass is 9.96. The number of hydrogen-bond donors (Lipinski definition) is 1. The molecule has 1 aromatic carbocycles. The van der Waals surface area contributed by atoms with Gasteiger partial charge in [0, 0.05) is 0 Å². The van der Waals surface area contributed by atoms with E-state index in [1.54, 1.807) is 6.92 Å². The molecule has 0 heterocycles. The van der Waals surface area contributed by atoms with Crippen LogP contribution >= 0.6 is 0 Å². The van der Waals surface area contributed by atoms with Gasteiger partial charge in [-0.1, -0.05) is 31.2 Å². The van der Waals surface area contributed by atoms with Gasteiger partial charge in [-0.15, -0.1) is 0 Å². The molecule has 1 aromatic rings. The Hall–Kier alpha value is -1.57. The second-order valence-electron chi connectivity index (χ2n) is 3.98. The molecule has 0 saturated carbocycles. The molecular formula is C15H19FO. The number of aromatic hydroxyl groups is 1. The first-order valence-corrected chi connectivity index (χ1v) is 5.89. The van der Waals surface area contributed by atoms with Gasteiger partial charge in [0.15, 0.2) is 11.6 Å². The quantitative estimate of drug-likeness (QED) is 0.778. The van der Waals surface area contributed by atoms with Gasteiger partial charge in [0.05, 0.1) is 0 Å². The van der Waals surface area contributed by atoms with Crippen molar-refractivity contribution in [1.82, 2.24) is 0 Å². The van der Waals surface area contributed by atoms with Gasteiger partial charge >= 0.3 is 0 Å². The summed E-state index contributed by atoms with van der Waals surface area (Å²) in [6, 6.07) is 1.53. The molecule has 0 unspecified atom stereocenters. The Kier molecular flexibility index (Phi) is 4.95. The van der Waals surface area contributed by atoms with Crippen LogP contribution < -0.4 is 0 Å². The molecule has 1 nitrogen and oxygen atoms in total. The fourth-order valence-electron chi connectivity index (χ4n) is 1.86. The van der Waals surface area contributed by atoms with Crippen LogP contribution in [0.4, 0.5) is 4.39 Å². The van der Waals surface area contributed by atoms with E-state index in [2.05, 4.69) is 0 Å². The Bertz CT molecular complexity index is 445. The molecule has 1 N–H and O–H groups in total. The molecule has 0 amide bonds. The molecular weight excluding hydrogens is 215 g/mol. The highest BCUT2D eigenvalue weighted by molar-refractivity contribution is 5.43. The van der Waals surface area contributed by atoms with E-state index in [1.807, 2.05) is 38.2 Å². The van der Waals surface area contributed by atoms with Crippen LogP contribution in [0.5, 0.6) is 5.75 Å². The average Bonchev–Trinajstić information content (AvgIpc) is 2.33. The van der Waals surface area contributed by atoms with Crippen LogP contribution in [-0.2, 0) is 12.8 Å². The van der Waals surface area contributed by atoms with Crippen molar-refractivity contribution in [1.29, 1.82) is 0 Å². The van der Waals surface area contributed by atoms with E-state index in [1.165, 1.54) is 6.07 Å². The van der Waals surface area contributed by atoms with Crippen molar-refractivity contribution < 1.29 is 9.50 Å². The van der Waals surface area contributed by atoms with Crippen molar-refractivity contribution in [2.75, 3.05) is 0 Å². The van der Waals surface area contributed by atoms with Gasteiger partial charge in [-0.2, -0.15) is 0 Å². The average molecular weight is 234 g/mol. The van der Waals surface area contributed by atoms with Crippen molar-refractivity contribution in [2.45, 2.75) is 33.6 Å². The zero-order valence-corrected chi connectivity index (χ0v) is 10.6. The second kappa shape index (κ2) is 6.24. The van der Waals surface area contributed by atoms with Crippen LogP contribution in [0.3, 0.4) is 0 Å². The van der Waals surface area contributed by atoms with E-state index < -0.39 is 5.82 Å². The minimum atomic E-state index is -0.503. The topological polar surface area (TPSA) is 20.2 Å². The second-order valence-corrected chi connectivity index (χ2v) is 3.98. The van der Waals surface area contributed by atoms with Gasteiger partial charge in [0.25, 0.3) is 0 Å². The molecule has 0 aliphatic rings. The largest absolute Gasteiger partial charge is 0.505 e. The van der Waals surface area contributed by atoms with E-state index >= 15 is 0 Å². The third-order valence-corrected chi connectivity index (χ3v) is 2.85. The predicted octanol–water partition coefficient (Wildman–Crippen LogP) is 4.08. The molecule has 0 bridgehead atoms. The SMILES string of the molecule is C/C=C\C=C\Cc1c(CC)cc(O)c(F)c1C. The number of allylic oxidation sites excluding steroid dienone is 4. The minimum Gasteiger partial charge on any atom is -0.505 e. The maximum atomic E-state index is 13.6. The summed E-state index contributed by atoms with van der Waals surface area (Å²) in [5.74, 6) is -0.753. The van der Waals surface area contributed by atoms with Crippen molar-refractivity contribution >= 4 is 0 Å². The van der Waals surface area contributed by atoms with Crippen molar-refractivity contribution in [3.05, 3.63) is 52.9 Å². The number of aryl methyl sites for hydroxylation is 1. The highest BCUT2D eigenvalue weighted by Crippen LogP contribution is 2.27. The third kappa shape index (κ3) is 3.19. The van der Waals surface area contributed by atoms with Gasteiger partial charge < -0.3 is 5.11 Å². The zero-order chi connectivity index (χ0) is 12.8. The summed E-state index contributed by atoms with van der Waals surface area (Å²) in [5, 5.41) is 9.44. The van der Waals surface area contributed by atoms with Crippen molar-refractivity contribution in [3.63, 3.8) is 0 Å². The Balaban J connectivity index is 3.08. The molecule has 0 atom stereocenters. The summed E-state index contributed by atoms with van der Waals surface area (Å²) < 4.78 is 13.6. The zero-order valence-electron chi connectivity index (χ0n) is 10.6. The van der Waals surface area contributed by atoms with Crippen LogP contribution in [0, 0.1) is 12.7 Å². The van der Waals surface area contributed by atoms with Gasteiger partial charge in [0.1, 0.15) is 0 Å². The number of phenols is 1. The van der Waals surface area contributed by atoms with E-state index in [0.29, 0.717) is 12.0 Å². The first-order chi connectivity index (χ1) is 8.11. The van der Waals surface area contributed by atoms with Crippen molar-refractivity contribution in [3.8, 4) is 5.75 Å². The Labute approximate surface area is 102 Å². The lowest BCUT2D eigenvalue weighted by Crippen LogP contribution is -1.99. The lowest BCUT2D eigenvalue weighted by Gasteiger charge is -2.12. The lowest BCUT2D eigenvalue weighted by molar-refractivity contribution is 0.428. The van der Waals surface area contributed by atoms with Crippen LogP contribution in [0.15, 0.2) is 30.4 Å². The maximum absolute atomic E-state index is 13.6. The highest BCUT2D eigenvalue weighted by atomic mass is 19.1. The first kappa shape index (κ1) is 13.5. The molecule has 92 valence electrons. The molecule has 0 aliphatic heterocycles. The summed E-state index contributed by atoms with van der Waals surface area (Å²) in [4.78, 5) is 0. The van der Waals surface area contributed by atoms with E-state index in [9.17, 15) is 9.50 Å². The van der Waals surface area contributed by atoms with E-state index in [0.717, 1.165) is 17.5 Å². The summed E-state index contributed by atoms with van der Waals surface area (Å²) in [5.41, 5.74) is 2.53. The molecule has 0 aliphatic carbocycles. The smallest absolute Gasteiger partial charge is 0.168 e. The van der Waals surface area contributed by atoms with Crippen LogP contribution in [0.25, 0.3) is 0 Å². The molecule has 17 heavy (non-hydrogen) atoms. The maximum Gasteiger partial charge on any atom is 0.168 e. The van der Waals surface area contributed by atoms with Gasteiger partial charge in [-0.3, -0.25) is 0 Å². The monoisotopic (exact) mass is 234 g/mol. The van der Waals surface area contributed by atoms with Crippen LogP contribution in [0.1, 0.15) is 30.5 Å². The minimum absolute atomic E-state index is 0.250. The van der Waals surface area contributed by atoms with Crippen molar-refractivity contribution in [2.24, 2.45) is 0 Å². The summed E-state index contributed by atoms with van der Waals surface area (Å²) >= 11 is 0. The first-order valence-electron chi connectivity index (χ1n) is 5.89. The van der Waals surface area contributed by atoms with Gasteiger partial charge in [-0.25, -0.2) is 4.39 Å². The molecule has 0 saturated heterocycles. The number of hydrogen-bond acceptors (Lipinski definition) is 1. The number of phenolic OH excluding ortho intramolecular Hbond substituents is 1. The standard InChI is InChI=1S/C15H19FO/c1-4-6-7-8-9-13-11(3)15(16)14(17)10-12(13)5-2/h4,6-8,10,17H,5,9H2,1-3H3/b6-4-,8-7+. The fraction of sp³-hybridized carbons (Fsp3) is 0.333. The van der Waals surface area contributed by atoms with Crippen LogP contribution in [-0.4, -0.2) is 5.11 Å². The molecule has 0 radical (unpaired) electrons. The van der Waals surface area contributed by atoms with E-state index in [4.69, 9.17) is 0 Å². The van der Waals surface area contributed by atoms with E-state index in [-0.39, 0.29) is 5.75 Å². The molecule has 0 fully saturated rings. The van der Waals surface area contributed by atoms with Crippen LogP contribution in [0.2, 0.25) is 0 Å². The highest BCUT2D eigenvalue weighted by Gasteiger charge is 2.12. The molecule has 2 heteroatoms. The Morgan fingerprint density at radius 3 is 2.65 bits per heavy atom. The van der Waals surface area contributed by atoms with Gasteiger partial charge in [-0.05, 0) is 49.4 Å². The predicted molar refractivity (Wildman–Crippen MR) is 69.8 cm³/mol. The number of benzene rings is 1. The summed E-state index contributed by atoms with van der Waals surface area (Å²) in [7, 11) is 0. The molecule has 1 rings (SSSR count). The summed E-state index contributed by atoms with van der Waals surface area (Å²) in [6.45, 7) is 5.67. The Morgan fingerprint density at radius 1 is 1.35 bits per heavy atom. The summed E-state index contributed by atoms with van der Waals surface area (Å²) in [6.07, 6.45) is 9.32. The number of rotatable bonds is 4. The van der Waals surface area contributed by atoms with Gasteiger partial charge in [0.2, 0.25) is 0 Å². The molecule has 0 aromatic heterocycles.